The highest BCUT2D eigenvalue weighted by Gasteiger charge is 2.30. The lowest BCUT2D eigenvalue weighted by Gasteiger charge is -2.31. The average molecular weight is 439 g/mol. The largest absolute Gasteiger partial charge is 0.467 e. The molecule has 4 rings (SSSR count). The van der Waals surface area contributed by atoms with Crippen LogP contribution in [0.15, 0.2) is 36.5 Å². The summed E-state index contributed by atoms with van der Waals surface area (Å²) < 4.78 is 41.4. The number of aromatic nitrogens is 3. The summed E-state index contributed by atoms with van der Waals surface area (Å²) in [4.78, 5) is 26.2. The molecule has 1 aliphatic rings. The van der Waals surface area contributed by atoms with Crippen LogP contribution in [0.1, 0.15) is 34.9 Å². The Bertz CT molecular complexity index is 1030. The van der Waals surface area contributed by atoms with Crippen LogP contribution >= 0.6 is 11.6 Å². The molecule has 0 atom stereocenters. The smallest absolute Gasteiger partial charge is 0.422 e. The van der Waals surface area contributed by atoms with Crippen molar-refractivity contribution in [3.05, 3.63) is 52.9 Å². The third kappa shape index (κ3) is 4.51. The summed E-state index contributed by atoms with van der Waals surface area (Å²) in [5.74, 6) is 0.518. The van der Waals surface area contributed by atoms with Crippen molar-refractivity contribution in [1.82, 2.24) is 19.9 Å². The van der Waals surface area contributed by atoms with Crippen LogP contribution in [-0.2, 0) is 0 Å². The number of halogens is 4. The van der Waals surface area contributed by atoms with Gasteiger partial charge < -0.3 is 14.6 Å². The highest BCUT2D eigenvalue weighted by molar-refractivity contribution is 6.32. The summed E-state index contributed by atoms with van der Waals surface area (Å²) in [6.07, 6.45) is -1.81. The van der Waals surface area contributed by atoms with E-state index in [0.29, 0.717) is 13.1 Å². The van der Waals surface area contributed by atoms with Gasteiger partial charge in [-0.25, -0.2) is 9.97 Å². The second kappa shape index (κ2) is 8.14. The molecule has 1 N–H and O–H groups in total. The summed E-state index contributed by atoms with van der Waals surface area (Å²) in [7, 11) is 0. The summed E-state index contributed by atoms with van der Waals surface area (Å²) >= 11 is 5.95. The molecule has 0 bridgehead atoms. The van der Waals surface area contributed by atoms with E-state index in [2.05, 4.69) is 19.7 Å². The van der Waals surface area contributed by atoms with Crippen LogP contribution < -0.4 is 4.74 Å². The number of rotatable bonds is 4. The summed E-state index contributed by atoms with van der Waals surface area (Å²) in [5, 5.41) is -0.137. The first-order valence-corrected chi connectivity index (χ1v) is 9.77. The Labute approximate surface area is 175 Å². The Morgan fingerprint density at radius 1 is 1.27 bits per heavy atom. The Balaban J connectivity index is 1.38. The van der Waals surface area contributed by atoms with Crippen LogP contribution in [0, 0.1) is 0 Å². The minimum atomic E-state index is -4.50. The number of carbonyl (C=O) groups is 1. The van der Waals surface area contributed by atoms with Crippen molar-refractivity contribution in [2.45, 2.75) is 24.9 Å². The van der Waals surface area contributed by atoms with Crippen LogP contribution in [-0.4, -0.2) is 51.6 Å². The van der Waals surface area contributed by atoms with E-state index in [9.17, 15) is 18.0 Å². The average Bonchev–Trinajstić information content (AvgIpc) is 3.16. The fourth-order valence-electron chi connectivity index (χ4n) is 3.50. The second-order valence-electron chi connectivity index (χ2n) is 7.12. The lowest BCUT2D eigenvalue weighted by molar-refractivity contribution is -0.154. The van der Waals surface area contributed by atoms with E-state index in [0.717, 1.165) is 29.7 Å². The SMILES string of the molecule is O=C(c1cnc(OCC(F)(F)F)c(Cl)c1)N1CCC(c2nc3ccccc3[nH]2)CC1. The number of para-hydroxylation sites is 2. The molecule has 1 aliphatic heterocycles. The number of piperidine rings is 1. The van der Waals surface area contributed by atoms with Gasteiger partial charge in [-0.1, -0.05) is 23.7 Å². The molecule has 30 heavy (non-hydrogen) atoms. The molecule has 1 fully saturated rings. The standard InChI is InChI=1S/C20H18ClF3N4O2/c21-14-9-13(10-25-18(14)30-11-20(22,23)24)19(29)28-7-5-12(6-8-28)17-26-15-3-1-2-4-16(15)27-17/h1-4,9-10,12H,5-8,11H2,(H,26,27). The molecule has 6 nitrogen and oxygen atoms in total. The number of pyridine rings is 1. The zero-order valence-electron chi connectivity index (χ0n) is 15.7. The molecule has 1 saturated heterocycles. The normalized spacial score (nSPS) is 15.5. The number of amides is 1. The maximum absolute atomic E-state index is 12.7. The predicted octanol–water partition coefficient (Wildman–Crippen LogP) is 4.57. The molecule has 0 saturated carbocycles. The van der Waals surface area contributed by atoms with Crippen LogP contribution in [0.4, 0.5) is 13.2 Å². The van der Waals surface area contributed by atoms with Crippen molar-refractivity contribution >= 4 is 28.5 Å². The maximum Gasteiger partial charge on any atom is 0.422 e. The number of nitrogens with zero attached hydrogens (tertiary/aromatic N) is 3. The number of alkyl halides is 3. The number of nitrogens with one attached hydrogen (secondary N) is 1. The topological polar surface area (TPSA) is 71.1 Å². The number of hydrogen-bond donors (Lipinski definition) is 1. The van der Waals surface area contributed by atoms with Crippen LogP contribution in [0.5, 0.6) is 5.88 Å². The zero-order chi connectivity index (χ0) is 21.3. The number of likely N-dealkylation sites (tertiary alicyclic amines) is 1. The summed E-state index contributed by atoms with van der Waals surface area (Å²) in [5.41, 5.74) is 2.11. The molecular formula is C20H18ClF3N4O2. The lowest BCUT2D eigenvalue weighted by atomic mass is 9.96. The first-order chi connectivity index (χ1) is 14.3. The Kier molecular flexibility index (Phi) is 5.55. The highest BCUT2D eigenvalue weighted by Crippen LogP contribution is 2.30. The van der Waals surface area contributed by atoms with Crippen LogP contribution in [0.2, 0.25) is 5.02 Å². The monoisotopic (exact) mass is 438 g/mol. The van der Waals surface area contributed by atoms with Crippen molar-refractivity contribution in [2.24, 2.45) is 0 Å². The third-order valence-corrected chi connectivity index (χ3v) is 5.27. The number of hydrogen-bond acceptors (Lipinski definition) is 4. The van der Waals surface area contributed by atoms with Gasteiger partial charge in [0.1, 0.15) is 10.8 Å². The fourth-order valence-corrected chi connectivity index (χ4v) is 3.72. The fraction of sp³-hybridized carbons (Fsp3) is 0.350. The van der Waals surface area contributed by atoms with Crippen molar-refractivity contribution in [3.8, 4) is 5.88 Å². The minimum absolute atomic E-state index is 0.137. The number of ether oxygens (including phenoxy) is 1. The van der Waals surface area contributed by atoms with Gasteiger partial charge in [0.25, 0.3) is 5.91 Å². The Morgan fingerprint density at radius 3 is 2.67 bits per heavy atom. The molecule has 0 aliphatic carbocycles. The van der Waals surface area contributed by atoms with Crippen molar-refractivity contribution in [2.75, 3.05) is 19.7 Å². The number of imidazole rings is 1. The van der Waals surface area contributed by atoms with Crippen LogP contribution in [0.3, 0.4) is 0 Å². The van der Waals surface area contributed by atoms with Gasteiger partial charge in [-0.05, 0) is 31.0 Å². The first kappa shape index (κ1) is 20.5. The van der Waals surface area contributed by atoms with E-state index < -0.39 is 12.8 Å². The predicted molar refractivity (Wildman–Crippen MR) is 105 cm³/mol. The van der Waals surface area contributed by atoms with E-state index in [-0.39, 0.29) is 28.3 Å². The number of fused-ring (bicyclic) bond motifs is 1. The number of carbonyl (C=O) groups excluding carboxylic acids is 1. The molecule has 3 heterocycles. The molecule has 1 amide bonds. The Hall–Kier alpha value is -2.81. The van der Waals surface area contributed by atoms with E-state index >= 15 is 0 Å². The molecule has 2 aromatic heterocycles. The van der Waals surface area contributed by atoms with E-state index in [1.54, 1.807) is 4.90 Å². The van der Waals surface area contributed by atoms with E-state index in [1.807, 2.05) is 24.3 Å². The minimum Gasteiger partial charge on any atom is -0.467 e. The molecule has 0 spiro atoms. The third-order valence-electron chi connectivity index (χ3n) is 5.00. The molecule has 0 radical (unpaired) electrons. The highest BCUT2D eigenvalue weighted by atomic mass is 35.5. The number of H-pyrrole nitrogens is 1. The van der Waals surface area contributed by atoms with Crippen molar-refractivity contribution in [3.63, 3.8) is 0 Å². The van der Waals surface area contributed by atoms with Crippen LogP contribution in [0.25, 0.3) is 11.0 Å². The lowest BCUT2D eigenvalue weighted by Crippen LogP contribution is -2.38. The van der Waals surface area contributed by atoms with Crippen molar-refractivity contribution in [1.29, 1.82) is 0 Å². The number of benzene rings is 1. The molecular weight excluding hydrogens is 421 g/mol. The van der Waals surface area contributed by atoms with Gasteiger partial charge in [-0.2, -0.15) is 13.2 Å². The molecule has 10 heteroatoms. The molecule has 3 aromatic rings. The van der Waals surface area contributed by atoms with Gasteiger partial charge >= 0.3 is 6.18 Å². The summed E-state index contributed by atoms with van der Waals surface area (Å²) in [6.45, 7) is -0.433. The maximum atomic E-state index is 12.7. The second-order valence-corrected chi connectivity index (χ2v) is 7.53. The first-order valence-electron chi connectivity index (χ1n) is 9.39. The van der Waals surface area contributed by atoms with Gasteiger partial charge in [0.2, 0.25) is 5.88 Å². The van der Waals surface area contributed by atoms with Gasteiger partial charge in [-0.15, -0.1) is 0 Å². The quantitative estimate of drug-likeness (QED) is 0.647. The summed E-state index contributed by atoms with van der Waals surface area (Å²) in [6, 6.07) is 9.10. The van der Waals surface area contributed by atoms with E-state index in [1.165, 1.54) is 12.3 Å². The van der Waals surface area contributed by atoms with E-state index in [4.69, 9.17) is 11.6 Å². The zero-order valence-corrected chi connectivity index (χ0v) is 16.5. The molecule has 0 unspecified atom stereocenters. The molecule has 158 valence electrons. The number of aromatic amines is 1. The Morgan fingerprint density at radius 2 is 2.00 bits per heavy atom. The molecule has 1 aromatic carbocycles. The van der Waals surface area contributed by atoms with Gasteiger partial charge in [0.15, 0.2) is 6.61 Å². The van der Waals surface area contributed by atoms with Gasteiger partial charge in [0.05, 0.1) is 16.6 Å². The van der Waals surface area contributed by atoms with Gasteiger partial charge in [-0.3, -0.25) is 4.79 Å². The van der Waals surface area contributed by atoms with Gasteiger partial charge in [0, 0.05) is 25.2 Å². The van der Waals surface area contributed by atoms with Crippen molar-refractivity contribution < 1.29 is 22.7 Å².